The fraction of sp³-hybridized carbons (Fsp3) is 0.269. The molecule has 0 amide bonds. The predicted molar refractivity (Wildman–Crippen MR) is 124 cm³/mol. The van der Waals surface area contributed by atoms with Crippen LogP contribution >= 0.6 is 0 Å². The van der Waals surface area contributed by atoms with Crippen molar-refractivity contribution in [2.75, 3.05) is 0 Å². The molecule has 9 heteroatoms. The van der Waals surface area contributed by atoms with E-state index in [-0.39, 0.29) is 44.9 Å². The maximum Gasteiger partial charge on any atom is 0.162 e. The van der Waals surface area contributed by atoms with E-state index in [0.29, 0.717) is 52.8 Å². The highest BCUT2D eigenvalue weighted by molar-refractivity contribution is 5.78. The summed E-state index contributed by atoms with van der Waals surface area (Å²) in [4.78, 5) is 18.4. The normalized spacial score (nSPS) is 24.3. The second-order valence-corrected chi connectivity index (χ2v) is 8.19. The Kier molecular flexibility index (Phi) is 6.16. The van der Waals surface area contributed by atoms with Gasteiger partial charge in [-0.25, -0.2) is 20.0 Å². The molecule has 1 aromatic carbocycles. The first-order chi connectivity index (χ1) is 17.0. The topological polar surface area (TPSA) is 169 Å². The molecule has 0 bridgehead atoms. The van der Waals surface area contributed by atoms with Crippen molar-refractivity contribution in [1.82, 2.24) is 9.97 Å². The minimum Gasteiger partial charge on any atom is -0.248 e. The maximum absolute atomic E-state index is 9.84. The number of hydrogen-bond donors (Lipinski definition) is 0. The van der Waals surface area contributed by atoms with Gasteiger partial charge in [0.2, 0.25) is 0 Å². The summed E-state index contributed by atoms with van der Waals surface area (Å²) in [6, 6.07) is 10.3. The Bertz CT molecular complexity index is 1820. The molecule has 9 nitrogen and oxygen atoms in total. The molecule has 2 aliphatic rings. The summed E-state index contributed by atoms with van der Waals surface area (Å²) in [5.74, 6) is -0.274. The van der Waals surface area contributed by atoms with E-state index in [9.17, 15) is 26.3 Å². The van der Waals surface area contributed by atoms with E-state index in [1.165, 1.54) is 0 Å². The first-order valence-electron chi connectivity index (χ1n) is 10.9. The van der Waals surface area contributed by atoms with E-state index < -0.39 is 0 Å². The summed E-state index contributed by atoms with van der Waals surface area (Å²) >= 11 is 0. The molecule has 0 radical (unpaired) electrons. The Morgan fingerprint density at radius 1 is 0.800 bits per heavy atom. The van der Waals surface area contributed by atoms with Gasteiger partial charge in [-0.05, 0) is 38.5 Å². The van der Waals surface area contributed by atoms with Gasteiger partial charge in [-0.15, -0.1) is 0 Å². The molecule has 0 spiro atoms. The number of fused-ring (bicyclic) bond motifs is 6. The second-order valence-electron chi connectivity index (χ2n) is 8.19. The third kappa shape index (κ3) is 3.91. The zero-order valence-corrected chi connectivity index (χ0v) is 19.1. The van der Waals surface area contributed by atoms with Crippen LogP contribution in [0.25, 0.3) is 23.2 Å². The SMILES string of the molecule is Cc1nc2/c3c(c4/c(c2nc1C#N)=C/CC(C)/C(C#N)=C(C#N)\N=4)=N/C(C#N)=C(/C#N)CCC/C=3. The highest BCUT2D eigenvalue weighted by Gasteiger charge is 2.19. The largest absolute Gasteiger partial charge is 0.248 e. The lowest BCUT2D eigenvalue weighted by molar-refractivity contribution is 0.724. The number of rotatable bonds is 0. The van der Waals surface area contributed by atoms with Crippen LogP contribution in [0.5, 0.6) is 0 Å². The Morgan fingerprint density at radius 2 is 1.46 bits per heavy atom. The van der Waals surface area contributed by atoms with E-state index in [4.69, 9.17) is 0 Å². The molecule has 2 aliphatic heterocycles. The molecule has 1 aromatic heterocycles. The smallest absolute Gasteiger partial charge is 0.162 e. The zero-order valence-electron chi connectivity index (χ0n) is 19.1. The van der Waals surface area contributed by atoms with Crippen molar-refractivity contribution in [2.24, 2.45) is 15.9 Å². The Labute approximate surface area is 200 Å². The van der Waals surface area contributed by atoms with Gasteiger partial charge < -0.3 is 0 Å². The van der Waals surface area contributed by atoms with Crippen molar-refractivity contribution in [3.05, 3.63) is 55.1 Å². The number of aryl methyl sites for hydroxylation is 1. The summed E-state index contributed by atoms with van der Waals surface area (Å²) in [5.41, 5.74) is 1.99. The van der Waals surface area contributed by atoms with Crippen LogP contribution < -0.4 is 21.2 Å². The van der Waals surface area contributed by atoms with E-state index in [0.717, 1.165) is 0 Å². The van der Waals surface area contributed by atoms with Gasteiger partial charge >= 0.3 is 0 Å². The lowest BCUT2D eigenvalue weighted by Crippen LogP contribution is -2.50. The third-order valence-corrected chi connectivity index (χ3v) is 6.02. The predicted octanol–water partition coefficient (Wildman–Crippen LogP) is 1.44. The fourth-order valence-electron chi connectivity index (χ4n) is 4.18. The van der Waals surface area contributed by atoms with Gasteiger partial charge in [-0.2, -0.15) is 26.3 Å². The van der Waals surface area contributed by atoms with Gasteiger partial charge in [-0.3, -0.25) is 0 Å². The molecule has 0 aliphatic carbocycles. The van der Waals surface area contributed by atoms with Crippen LogP contribution in [0, 0.1) is 69.5 Å². The average Bonchev–Trinajstić information content (AvgIpc) is 2.95. The van der Waals surface area contributed by atoms with Crippen molar-refractivity contribution >= 4 is 23.2 Å². The molecule has 1 unspecified atom stereocenters. The Morgan fingerprint density at radius 3 is 2.09 bits per heavy atom. The maximum atomic E-state index is 9.84. The molecule has 3 heterocycles. The van der Waals surface area contributed by atoms with Crippen molar-refractivity contribution in [2.45, 2.75) is 39.5 Å². The monoisotopic (exact) mass is 455 g/mol. The molecule has 2 aromatic rings. The number of allylic oxidation sites excluding steroid dienone is 4. The summed E-state index contributed by atoms with van der Waals surface area (Å²) < 4.78 is 0. The molecular formula is C26H17N9. The zero-order chi connectivity index (χ0) is 25.1. The molecule has 0 saturated carbocycles. The Balaban J connectivity index is 2.43. The van der Waals surface area contributed by atoms with E-state index in [1.807, 2.05) is 31.2 Å². The molecule has 0 fully saturated rings. The van der Waals surface area contributed by atoms with Crippen LogP contribution in [0.3, 0.4) is 0 Å². The summed E-state index contributed by atoms with van der Waals surface area (Å²) in [7, 11) is 0. The number of nitrogens with zero attached hydrogens (tertiary/aromatic N) is 9. The molecule has 166 valence electrons. The van der Waals surface area contributed by atoms with Gasteiger partial charge in [0.25, 0.3) is 0 Å². The molecule has 0 saturated heterocycles. The minimum absolute atomic E-state index is 0.0300. The molecule has 35 heavy (non-hydrogen) atoms. The van der Waals surface area contributed by atoms with Gasteiger partial charge in [-0.1, -0.05) is 19.1 Å². The van der Waals surface area contributed by atoms with Crippen LogP contribution in [0.2, 0.25) is 0 Å². The van der Waals surface area contributed by atoms with Gasteiger partial charge in [0.05, 0.1) is 34.5 Å². The van der Waals surface area contributed by atoms with Gasteiger partial charge in [0.15, 0.2) is 17.1 Å². The highest BCUT2D eigenvalue weighted by Crippen LogP contribution is 2.20. The molecule has 0 N–H and O–H groups in total. The Hall–Kier alpha value is -5.17. The summed E-state index contributed by atoms with van der Waals surface area (Å²) in [6.45, 7) is 3.53. The van der Waals surface area contributed by atoms with Gasteiger partial charge in [0, 0.05) is 10.4 Å². The van der Waals surface area contributed by atoms with Crippen molar-refractivity contribution in [3.63, 3.8) is 0 Å². The number of aromatic nitrogens is 2. The quantitative estimate of drug-likeness (QED) is 0.578. The molecular weight excluding hydrogens is 438 g/mol. The van der Waals surface area contributed by atoms with E-state index in [1.54, 1.807) is 6.92 Å². The summed E-state index contributed by atoms with van der Waals surface area (Å²) in [6.07, 6.45) is 5.76. The first-order valence-corrected chi connectivity index (χ1v) is 10.9. The van der Waals surface area contributed by atoms with Crippen molar-refractivity contribution in [1.29, 1.82) is 26.3 Å². The van der Waals surface area contributed by atoms with Crippen molar-refractivity contribution in [3.8, 4) is 30.3 Å². The standard InChI is InChI=1S/C26H17N9/c1-14-7-8-18-25-23(32-15(2)20(11-29)33-25)17-6-4-3-5-16(9-27)21(12-30)34-24(17)26(18)35-22(13-31)19(14)10-28/h6,8,14H,3-5,7H2,1-2H3/b17-6+,18-8+,21-16+,22-19-,34-24?,35-26+. The van der Waals surface area contributed by atoms with Crippen LogP contribution in [0.1, 0.15) is 44.0 Å². The van der Waals surface area contributed by atoms with E-state index in [2.05, 4.69) is 38.2 Å². The fourth-order valence-corrected chi connectivity index (χ4v) is 4.18. The minimum atomic E-state index is -0.274. The van der Waals surface area contributed by atoms with Crippen LogP contribution in [0.4, 0.5) is 0 Å². The van der Waals surface area contributed by atoms with Crippen molar-refractivity contribution < 1.29 is 0 Å². The number of nitriles is 5. The second kappa shape index (κ2) is 9.36. The lowest BCUT2D eigenvalue weighted by atomic mass is 9.95. The van der Waals surface area contributed by atoms with Gasteiger partial charge in [0.1, 0.15) is 34.4 Å². The van der Waals surface area contributed by atoms with E-state index >= 15 is 0 Å². The molecule has 1 atom stereocenters. The average molecular weight is 455 g/mol. The van der Waals surface area contributed by atoms with Crippen LogP contribution in [-0.4, -0.2) is 9.97 Å². The number of hydrogen-bond acceptors (Lipinski definition) is 9. The van der Waals surface area contributed by atoms with Crippen LogP contribution in [0.15, 0.2) is 32.5 Å². The highest BCUT2D eigenvalue weighted by atomic mass is 14.9. The summed E-state index contributed by atoms with van der Waals surface area (Å²) in [5, 5.41) is 50.2. The third-order valence-electron chi connectivity index (χ3n) is 6.02. The van der Waals surface area contributed by atoms with Crippen LogP contribution in [-0.2, 0) is 0 Å². The first kappa shape index (κ1) is 23.0. The lowest BCUT2D eigenvalue weighted by Gasteiger charge is -2.11. The number of benzene rings is 1. The molecule has 4 rings (SSSR count).